The first kappa shape index (κ1) is 21.3. The molecule has 0 unspecified atom stereocenters. The van der Waals surface area contributed by atoms with E-state index in [-0.39, 0.29) is 5.69 Å². The summed E-state index contributed by atoms with van der Waals surface area (Å²) in [5.41, 5.74) is -0.554. The number of rotatable bonds is 6. The topological polar surface area (TPSA) is 114 Å². The number of likely N-dealkylation sites (tertiary alicyclic amines) is 1. The fourth-order valence-corrected chi connectivity index (χ4v) is 4.65. The lowest BCUT2D eigenvalue weighted by molar-refractivity contribution is 0.101. The molecule has 1 aromatic heterocycles. The van der Waals surface area contributed by atoms with Crippen LogP contribution in [0.4, 0.5) is 5.69 Å². The van der Waals surface area contributed by atoms with Crippen LogP contribution >= 0.6 is 0 Å². The Morgan fingerprint density at radius 2 is 1.69 bits per heavy atom. The average molecular weight is 423 g/mol. The van der Waals surface area contributed by atoms with Crippen LogP contribution in [0.25, 0.3) is 0 Å². The molecule has 1 aromatic carbocycles. The van der Waals surface area contributed by atoms with Crippen molar-refractivity contribution in [2.45, 2.75) is 30.3 Å². The number of anilines is 1. The SMILES string of the molecule is Cn1cc(S(=O)(=O)Nc2ccc([C@H](O)CN3CCCCC3)cc2)c(=O)n(C)c1=O. The number of hydrogen-bond donors (Lipinski definition) is 2. The second-order valence-electron chi connectivity index (χ2n) is 7.36. The third kappa shape index (κ3) is 4.77. The lowest BCUT2D eigenvalue weighted by Crippen LogP contribution is -2.40. The third-order valence-electron chi connectivity index (χ3n) is 5.13. The van der Waals surface area contributed by atoms with Crippen LogP contribution in [-0.2, 0) is 24.1 Å². The Bertz CT molecular complexity index is 1080. The van der Waals surface area contributed by atoms with Crippen LogP contribution in [0.1, 0.15) is 30.9 Å². The summed E-state index contributed by atoms with van der Waals surface area (Å²) in [7, 11) is -1.58. The maximum Gasteiger partial charge on any atom is 0.330 e. The van der Waals surface area contributed by atoms with E-state index in [1.165, 1.54) is 20.5 Å². The number of aliphatic hydroxyl groups is 1. The van der Waals surface area contributed by atoms with E-state index < -0.39 is 32.3 Å². The number of hydrogen-bond acceptors (Lipinski definition) is 6. The van der Waals surface area contributed by atoms with Gasteiger partial charge >= 0.3 is 5.69 Å². The summed E-state index contributed by atoms with van der Waals surface area (Å²) in [6.07, 6.45) is 3.84. The van der Waals surface area contributed by atoms with Crippen molar-refractivity contribution in [3.8, 4) is 0 Å². The molecule has 29 heavy (non-hydrogen) atoms. The van der Waals surface area contributed by atoms with Gasteiger partial charge in [-0.05, 0) is 43.6 Å². The van der Waals surface area contributed by atoms with E-state index in [0.717, 1.165) is 41.3 Å². The monoisotopic (exact) mass is 422 g/mol. The minimum atomic E-state index is -4.18. The van der Waals surface area contributed by atoms with Crippen molar-refractivity contribution in [3.05, 3.63) is 56.9 Å². The molecule has 1 aliphatic heterocycles. The van der Waals surface area contributed by atoms with Gasteiger partial charge in [0.2, 0.25) is 0 Å². The minimum absolute atomic E-state index is 0.259. The van der Waals surface area contributed by atoms with Crippen LogP contribution in [0.15, 0.2) is 44.9 Å². The number of nitrogens with one attached hydrogen (secondary N) is 1. The second kappa shape index (κ2) is 8.52. The number of aliphatic hydroxyl groups excluding tert-OH is 1. The first-order valence-electron chi connectivity index (χ1n) is 9.49. The number of β-amino-alcohol motifs (C(OH)–C–C–N with tert-alkyl or cyclic N) is 1. The smallest absolute Gasteiger partial charge is 0.330 e. The molecule has 2 aromatic rings. The van der Waals surface area contributed by atoms with Crippen molar-refractivity contribution >= 4 is 15.7 Å². The second-order valence-corrected chi connectivity index (χ2v) is 9.01. The molecule has 9 nitrogen and oxygen atoms in total. The zero-order valence-electron chi connectivity index (χ0n) is 16.5. The van der Waals surface area contributed by atoms with Gasteiger partial charge in [-0.1, -0.05) is 18.6 Å². The maximum absolute atomic E-state index is 12.6. The average Bonchev–Trinajstić information content (AvgIpc) is 2.70. The standard InChI is InChI=1S/C19H26N4O5S/c1-21-13-17(18(25)22(2)19(21)26)29(27,28)20-15-8-6-14(7-9-15)16(24)12-23-10-4-3-5-11-23/h6-9,13,16,20,24H,3-5,10-12H2,1-2H3/t16-/m1/s1. The van der Waals surface area contributed by atoms with Gasteiger partial charge in [0.15, 0.2) is 4.90 Å². The van der Waals surface area contributed by atoms with Crippen LogP contribution in [0.5, 0.6) is 0 Å². The van der Waals surface area contributed by atoms with Gasteiger partial charge in [-0.2, -0.15) is 0 Å². The maximum atomic E-state index is 12.6. The highest BCUT2D eigenvalue weighted by Gasteiger charge is 2.22. The summed E-state index contributed by atoms with van der Waals surface area (Å²) >= 11 is 0. The van der Waals surface area contributed by atoms with E-state index >= 15 is 0 Å². The highest BCUT2D eigenvalue weighted by Crippen LogP contribution is 2.20. The van der Waals surface area contributed by atoms with Crippen LogP contribution in [-0.4, -0.2) is 47.2 Å². The van der Waals surface area contributed by atoms with Gasteiger partial charge in [0.1, 0.15) is 0 Å². The van der Waals surface area contributed by atoms with Gasteiger partial charge < -0.3 is 14.6 Å². The molecule has 0 aliphatic carbocycles. The molecule has 3 rings (SSSR count). The number of benzene rings is 1. The lowest BCUT2D eigenvalue weighted by Gasteiger charge is -2.28. The minimum Gasteiger partial charge on any atom is -0.387 e. The van der Waals surface area contributed by atoms with Crippen molar-refractivity contribution in [1.29, 1.82) is 0 Å². The van der Waals surface area contributed by atoms with Crippen molar-refractivity contribution in [2.24, 2.45) is 14.1 Å². The van der Waals surface area contributed by atoms with Gasteiger partial charge in [-0.3, -0.25) is 14.1 Å². The lowest BCUT2D eigenvalue weighted by atomic mass is 10.1. The highest BCUT2D eigenvalue weighted by molar-refractivity contribution is 7.92. The van der Waals surface area contributed by atoms with Crippen LogP contribution in [0.3, 0.4) is 0 Å². The van der Waals surface area contributed by atoms with E-state index in [9.17, 15) is 23.1 Å². The molecule has 0 spiro atoms. The molecule has 1 atom stereocenters. The Labute approximate surface area is 169 Å². The fourth-order valence-electron chi connectivity index (χ4n) is 3.43. The van der Waals surface area contributed by atoms with Crippen LogP contribution in [0.2, 0.25) is 0 Å². The van der Waals surface area contributed by atoms with Gasteiger partial charge in [0.05, 0.1) is 6.10 Å². The zero-order valence-corrected chi connectivity index (χ0v) is 17.4. The van der Waals surface area contributed by atoms with Gasteiger partial charge in [0, 0.05) is 32.5 Å². The van der Waals surface area contributed by atoms with Crippen molar-refractivity contribution in [3.63, 3.8) is 0 Å². The molecular formula is C19H26N4O5S. The number of piperidine rings is 1. The number of aryl methyl sites for hydroxylation is 1. The van der Waals surface area contributed by atoms with E-state index in [4.69, 9.17) is 0 Å². The fraction of sp³-hybridized carbons (Fsp3) is 0.474. The summed E-state index contributed by atoms with van der Waals surface area (Å²) < 4.78 is 29.4. The molecule has 0 amide bonds. The summed E-state index contributed by atoms with van der Waals surface area (Å²) in [5.74, 6) is 0. The van der Waals surface area contributed by atoms with E-state index in [2.05, 4.69) is 9.62 Å². The Kier molecular flexibility index (Phi) is 6.25. The summed E-state index contributed by atoms with van der Waals surface area (Å²) in [5, 5.41) is 10.4. The molecular weight excluding hydrogens is 396 g/mol. The van der Waals surface area contributed by atoms with E-state index in [1.807, 2.05) is 0 Å². The summed E-state index contributed by atoms with van der Waals surface area (Å²) in [6.45, 7) is 2.49. The molecule has 2 heterocycles. The third-order valence-corrected chi connectivity index (χ3v) is 6.50. The predicted molar refractivity (Wildman–Crippen MR) is 109 cm³/mol. The van der Waals surface area contributed by atoms with Crippen LogP contribution in [0, 0.1) is 0 Å². The van der Waals surface area contributed by atoms with Gasteiger partial charge in [0.25, 0.3) is 15.6 Å². The molecule has 1 saturated heterocycles. The Morgan fingerprint density at radius 1 is 1.07 bits per heavy atom. The Hall–Kier alpha value is -2.43. The summed E-state index contributed by atoms with van der Waals surface area (Å²) in [6, 6.07) is 6.40. The number of aromatic nitrogens is 2. The van der Waals surface area contributed by atoms with Crippen molar-refractivity contribution in [1.82, 2.24) is 14.0 Å². The van der Waals surface area contributed by atoms with E-state index in [1.54, 1.807) is 24.3 Å². The van der Waals surface area contributed by atoms with Crippen molar-refractivity contribution in [2.75, 3.05) is 24.4 Å². The first-order chi connectivity index (χ1) is 13.7. The normalized spacial score (nSPS) is 16.5. The van der Waals surface area contributed by atoms with Crippen LogP contribution < -0.4 is 16.0 Å². The molecule has 0 bridgehead atoms. The first-order valence-corrected chi connectivity index (χ1v) is 11.0. The largest absolute Gasteiger partial charge is 0.387 e. The highest BCUT2D eigenvalue weighted by atomic mass is 32.2. The quantitative estimate of drug-likeness (QED) is 0.697. The van der Waals surface area contributed by atoms with E-state index in [0.29, 0.717) is 12.1 Å². The molecule has 0 radical (unpaired) electrons. The molecule has 2 N–H and O–H groups in total. The van der Waals surface area contributed by atoms with Crippen molar-refractivity contribution < 1.29 is 13.5 Å². The number of nitrogens with zero attached hydrogens (tertiary/aromatic N) is 3. The Balaban J connectivity index is 1.75. The molecule has 1 aliphatic rings. The Morgan fingerprint density at radius 3 is 2.31 bits per heavy atom. The van der Waals surface area contributed by atoms with Gasteiger partial charge in [-0.25, -0.2) is 13.2 Å². The molecule has 1 fully saturated rings. The zero-order chi connectivity index (χ0) is 21.2. The number of sulfonamides is 1. The summed E-state index contributed by atoms with van der Waals surface area (Å²) in [4.78, 5) is 25.7. The van der Waals surface area contributed by atoms with Gasteiger partial charge in [-0.15, -0.1) is 0 Å². The molecule has 158 valence electrons. The molecule has 10 heteroatoms. The predicted octanol–water partition coefficient (Wildman–Crippen LogP) is 0.404. The molecule has 0 saturated carbocycles.